The Hall–Kier alpha value is -2.73. The predicted octanol–water partition coefficient (Wildman–Crippen LogP) is 3.79. The zero-order valence-corrected chi connectivity index (χ0v) is 16.3. The monoisotopic (exact) mass is 388 g/mol. The molecule has 0 radical (unpaired) electrons. The highest BCUT2D eigenvalue weighted by atomic mass is 35.5. The molecule has 3 aromatic rings. The largest absolute Gasteiger partial charge is 0.507 e. The number of hydrogen-bond donors (Lipinski definition) is 2. The van der Waals surface area contributed by atoms with E-state index in [1.54, 1.807) is 29.6 Å². The lowest BCUT2D eigenvalue weighted by Gasteiger charge is -2.23. The molecule has 1 aromatic heterocycles. The molecule has 0 unspecified atom stereocenters. The molecule has 27 heavy (non-hydrogen) atoms. The van der Waals surface area contributed by atoms with Crippen molar-refractivity contribution in [2.24, 2.45) is 0 Å². The number of benzene rings is 2. The van der Waals surface area contributed by atoms with E-state index in [-0.39, 0.29) is 34.0 Å². The van der Waals surface area contributed by atoms with Gasteiger partial charge < -0.3 is 19.7 Å². The summed E-state index contributed by atoms with van der Waals surface area (Å²) in [4.78, 5) is 26.4. The van der Waals surface area contributed by atoms with Gasteiger partial charge >= 0.3 is 5.97 Å². The normalized spacial score (nSPS) is 11.5. The number of aromatic hydroxyl groups is 1. The fourth-order valence-electron chi connectivity index (χ4n) is 3.40. The van der Waals surface area contributed by atoms with Gasteiger partial charge in [-0.3, -0.25) is 9.59 Å². The van der Waals surface area contributed by atoms with Crippen LogP contribution in [-0.2, 0) is 11.3 Å². The summed E-state index contributed by atoms with van der Waals surface area (Å²) in [7, 11) is 3.50. The maximum absolute atomic E-state index is 13.1. The first-order valence-electron chi connectivity index (χ1n) is 8.54. The minimum atomic E-state index is -1.06. The van der Waals surface area contributed by atoms with Crippen molar-refractivity contribution in [3.63, 3.8) is 0 Å². The number of carbonyl (C=O) groups is 1. The minimum absolute atomic E-state index is 0.0640. The molecular weight excluding hydrogens is 368 g/mol. The van der Waals surface area contributed by atoms with Crippen molar-refractivity contribution < 1.29 is 15.0 Å². The van der Waals surface area contributed by atoms with Crippen molar-refractivity contribution >= 4 is 45.1 Å². The average molecular weight is 389 g/mol. The van der Waals surface area contributed by atoms with E-state index in [1.807, 2.05) is 26.0 Å². The molecule has 0 amide bonds. The quantitative estimate of drug-likeness (QED) is 0.664. The Labute approximate surface area is 161 Å². The fourth-order valence-corrected chi connectivity index (χ4v) is 3.77. The van der Waals surface area contributed by atoms with Crippen LogP contribution in [0.4, 0.5) is 5.69 Å². The van der Waals surface area contributed by atoms with Crippen molar-refractivity contribution in [3.05, 3.63) is 45.1 Å². The van der Waals surface area contributed by atoms with E-state index in [2.05, 4.69) is 0 Å². The molecular formula is C20H21ClN2O4. The molecule has 0 aliphatic heterocycles. The van der Waals surface area contributed by atoms with E-state index in [9.17, 15) is 19.8 Å². The molecule has 2 N–H and O–H groups in total. The van der Waals surface area contributed by atoms with Gasteiger partial charge in [-0.15, -0.1) is 0 Å². The van der Waals surface area contributed by atoms with Gasteiger partial charge in [0.1, 0.15) is 12.3 Å². The Kier molecular flexibility index (Phi) is 4.78. The van der Waals surface area contributed by atoms with E-state index in [1.165, 1.54) is 6.07 Å². The Morgan fingerprint density at radius 1 is 1.26 bits per heavy atom. The predicted molar refractivity (Wildman–Crippen MR) is 108 cm³/mol. The number of aliphatic carboxylic acids is 1. The van der Waals surface area contributed by atoms with Gasteiger partial charge in [-0.05, 0) is 23.6 Å². The second kappa shape index (κ2) is 6.78. The SMILES string of the molecule is CC(C)c1ccc2c(=O)c3c(O)cc(Cl)c(N(C)C)c3n(CC(=O)O)c2c1. The van der Waals surface area contributed by atoms with Gasteiger partial charge in [0.05, 0.1) is 27.1 Å². The molecule has 0 spiro atoms. The third kappa shape index (κ3) is 3.10. The molecule has 2 aromatic carbocycles. The molecule has 0 saturated heterocycles. The summed E-state index contributed by atoms with van der Waals surface area (Å²) in [6.45, 7) is 3.68. The third-order valence-electron chi connectivity index (χ3n) is 4.67. The van der Waals surface area contributed by atoms with Crippen molar-refractivity contribution in [3.8, 4) is 5.75 Å². The molecule has 142 valence electrons. The van der Waals surface area contributed by atoms with E-state index in [4.69, 9.17) is 11.6 Å². The standard InChI is InChI=1S/C20H21ClN2O4/c1-10(2)11-5-6-12-14(7-11)23(9-16(25)26)19-17(20(12)27)15(24)8-13(21)18(19)22(3)4/h5-8,10,24H,9H2,1-4H3,(H,25,26). The Balaban J connectivity index is 2.67. The summed E-state index contributed by atoms with van der Waals surface area (Å²) in [6, 6.07) is 6.69. The molecule has 1 heterocycles. The van der Waals surface area contributed by atoms with E-state index in [0.29, 0.717) is 22.1 Å². The molecule has 0 saturated carbocycles. The summed E-state index contributed by atoms with van der Waals surface area (Å²) < 4.78 is 1.54. The number of fused-ring (bicyclic) bond motifs is 2. The number of rotatable bonds is 4. The summed E-state index contributed by atoms with van der Waals surface area (Å²) in [5.74, 6) is -1.11. The number of aromatic nitrogens is 1. The second-order valence-electron chi connectivity index (χ2n) is 7.08. The summed E-state index contributed by atoms with van der Waals surface area (Å²) >= 11 is 6.33. The number of halogens is 1. The molecule has 0 aliphatic carbocycles. The summed E-state index contributed by atoms with van der Waals surface area (Å²) in [5, 5.41) is 20.6. The Morgan fingerprint density at radius 2 is 1.93 bits per heavy atom. The lowest BCUT2D eigenvalue weighted by molar-refractivity contribution is -0.137. The Morgan fingerprint density at radius 3 is 2.48 bits per heavy atom. The van der Waals surface area contributed by atoms with E-state index >= 15 is 0 Å². The number of phenols is 1. The minimum Gasteiger partial charge on any atom is -0.507 e. The number of hydrogen-bond acceptors (Lipinski definition) is 4. The molecule has 6 nitrogen and oxygen atoms in total. The zero-order valence-electron chi connectivity index (χ0n) is 15.6. The molecule has 0 atom stereocenters. The first-order chi connectivity index (χ1) is 12.6. The first-order valence-corrected chi connectivity index (χ1v) is 8.92. The van der Waals surface area contributed by atoms with Crippen LogP contribution < -0.4 is 10.3 Å². The van der Waals surface area contributed by atoms with E-state index < -0.39 is 5.97 Å². The van der Waals surface area contributed by atoms with Crippen LogP contribution in [0.1, 0.15) is 25.3 Å². The van der Waals surface area contributed by atoms with Crippen LogP contribution in [-0.4, -0.2) is 34.8 Å². The number of carboxylic acid groups (broad SMARTS) is 1. The fraction of sp³-hybridized carbons (Fsp3) is 0.300. The van der Waals surface area contributed by atoms with Crippen LogP contribution in [0.25, 0.3) is 21.8 Å². The van der Waals surface area contributed by atoms with Crippen LogP contribution >= 0.6 is 11.6 Å². The van der Waals surface area contributed by atoms with Crippen LogP contribution in [0.3, 0.4) is 0 Å². The highest BCUT2D eigenvalue weighted by Gasteiger charge is 2.22. The highest BCUT2D eigenvalue weighted by Crippen LogP contribution is 2.39. The number of pyridine rings is 1. The van der Waals surface area contributed by atoms with Crippen molar-refractivity contribution in [1.82, 2.24) is 4.57 Å². The van der Waals surface area contributed by atoms with Crippen molar-refractivity contribution in [2.45, 2.75) is 26.3 Å². The molecule has 3 rings (SSSR count). The number of nitrogens with zero attached hydrogens (tertiary/aromatic N) is 2. The molecule has 0 aliphatic rings. The van der Waals surface area contributed by atoms with Crippen LogP contribution in [0.15, 0.2) is 29.1 Å². The summed E-state index contributed by atoms with van der Waals surface area (Å²) in [6.07, 6.45) is 0. The van der Waals surface area contributed by atoms with Gasteiger partial charge in [0.15, 0.2) is 0 Å². The van der Waals surface area contributed by atoms with Gasteiger partial charge in [-0.2, -0.15) is 0 Å². The van der Waals surface area contributed by atoms with Gasteiger partial charge in [0, 0.05) is 25.5 Å². The van der Waals surface area contributed by atoms with Crippen LogP contribution in [0.5, 0.6) is 5.75 Å². The highest BCUT2D eigenvalue weighted by molar-refractivity contribution is 6.35. The number of phenolic OH excluding ortho intramolecular Hbond substituents is 1. The van der Waals surface area contributed by atoms with Crippen LogP contribution in [0, 0.1) is 0 Å². The average Bonchev–Trinajstić information content (AvgIpc) is 2.56. The third-order valence-corrected chi connectivity index (χ3v) is 4.96. The lowest BCUT2D eigenvalue weighted by atomic mass is 9.99. The molecule has 0 bridgehead atoms. The maximum Gasteiger partial charge on any atom is 0.323 e. The smallest absolute Gasteiger partial charge is 0.323 e. The summed E-state index contributed by atoms with van der Waals surface area (Å²) in [5.41, 5.74) is 1.93. The molecule has 0 fully saturated rings. The van der Waals surface area contributed by atoms with Crippen molar-refractivity contribution in [2.75, 3.05) is 19.0 Å². The zero-order chi connectivity index (χ0) is 20.0. The number of anilines is 1. The van der Waals surface area contributed by atoms with Gasteiger partial charge in [-0.25, -0.2) is 0 Å². The second-order valence-corrected chi connectivity index (χ2v) is 7.49. The first kappa shape index (κ1) is 19.0. The van der Waals surface area contributed by atoms with Gasteiger partial charge in [0.2, 0.25) is 5.43 Å². The number of carboxylic acids is 1. The van der Waals surface area contributed by atoms with Crippen molar-refractivity contribution in [1.29, 1.82) is 0 Å². The van der Waals surface area contributed by atoms with E-state index in [0.717, 1.165) is 5.56 Å². The lowest BCUT2D eigenvalue weighted by Crippen LogP contribution is -2.20. The van der Waals surface area contributed by atoms with Gasteiger partial charge in [-0.1, -0.05) is 31.5 Å². The Bertz CT molecular complexity index is 1130. The topological polar surface area (TPSA) is 82.8 Å². The maximum atomic E-state index is 13.1. The van der Waals surface area contributed by atoms with Gasteiger partial charge in [0.25, 0.3) is 0 Å². The molecule has 7 heteroatoms. The van der Waals surface area contributed by atoms with Crippen LogP contribution in [0.2, 0.25) is 5.02 Å².